The molecule has 0 aliphatic heterocycles. The highest BCUT2D eigenvalue weighted by molar-refractivity contribution is 7.89. The number of benzene rings is 2. The summed E-state index contributed by atoms with van der Waals surface area (Å²) in [5, 5.41) is 12.7. The summed E-state index contributed by atoms with van der Waals surface area (Å²) in [6.45, 7) is 2.07. The van der Waals surface area contributed by atoms with Crippen molar-refractivity contribution >= 4 is 21.1 Å². The van der Waals surface area contributed by atoms with Crippen molar-refractivity contribution in [3.63, 3.8) is 0 Å². The molecule has 1 aliphatic rings. The van der Waals surface area contributed by atoms with Crippen LogP contribution >= 0.6 is 0 Å². The monoisotopic (exact) mass is 452 g/mol. The molecule has 32 heavy (non-hydrogen) atoms. The fourth-order valence-corrected chi connectivity index (χ4v) is 5.10. The van der Waals surface area contributed by atoms with Crippen molar-refractivity contribution in [1.29, 1.82) is 0 Å². The second-order valence-corrected chi connectivity index (χ2v) is 9.92. The lowest BCUT2D eigenvalue weighted by molar-refractivity contribution is 0.379. The highest BCUT2D eigenvalue weighted by Crippen LogP contribution is 2.31. The van der Waals surface area contributed by atoms with Gasteiger partial charge < -0.3 is 4.52 Å². The molecular weight excluding hydrogens is 428 g/mol. The normalized spacial score (nSPS) is 15.0. The summed E-state index contributed by atoms with van der Waals surface area (Å²) in [6.07, 6.45) is 5.04. The Morgan fingerprint density at radius 3 is 2.69 bits per heavy atom. The molecule has 5 rings (SSSR count). The molecule has 1 saturated carbocycles. The van der Waals surface area contributed by atoms with E-state index in [0.29, 0.717) is 17.8 Å². The van der Waals surface area contributed by atoms with Gasteiger partial charge in [-0.2, -0.15) is 4.98 Å². The standard InChI is InChI=1S/C22H24N6O3S/c1-15-6-9-18(10-7-15)32(29,30)23-13-12-21-24-22(26-31-21)16-8-11-20-19(14-16)25-27-28(20)17-4-2-3-5-17/h6-11,14,17,23H,2-5,12-13H2,1H3. The SMILES string of the molecule is Cc1ccc(S(=O)(=O)NCCc2nc(-c3ccc4c(c3)nnn4C3CCCC3)no2)cc1. The molecule has 1 fully saturated rings. The van der Waals surface area contributed by atoms with E-state index in [0.717, 1.165) is 35.0 Å². The zero-order valence-electron chi connectivity index (χ0n) is 17.7. The van der Waals surface area contributed by atoms with E-state index in [9.17, 15) is 8.42 Å². The third-order valence-corrected chi connectivity index (χ3v) is 7.31. The third-order valence-electron chi connectivity index (χ3n) is 5.83. The van der Waals surface area contributed by atoms with Crippen LogP contribution in [0.4, 0.5) is 0 Å². The van der Waals surface area contributed by atoms with Crippen LogP contribution < -0.4 is 4.72 Å². The molecule has 1 aliphatic carbocycles. The maximum atomic E-state index is 12.4. The number of aromatic nitrogens is 5. The fourth-order valence-electron chi connectivity index (χ4n) is 4.07. The maximum Gasteiger partial charge on any atom is 0.240 e. The van der Waals surface area contributed by atoms with E-state index in [4.69, 9.17) is 4.52 Å². The number of aryl methyl sites for hydroxylation is 1. The topological polar surface area (TPSA) is 116 Å². The number of nitrogens with one attached hydrogen (secondary N) is 1. The van der Waals surface area contributed by atoms with Crippen LogP contribution in [-0.4, -0.2) is 40.1 Å². The molecule has 4 aromatic rings. The van der Waals surface area contributed by atoms with E-state index in [-0.39, 0.29) is 17.9 Å². The van der Waals surface area contributed by atoms with Gasteiger partial charge in [-0.3, -0.25) is 0 Å². The Bertz CT molecular complexity index is 1340. The minimum Gasteiger partial charge on any atom is -0.339 e. The first-order chi connectivity index (χ1) is 15.5. The van der Waals surface area contributed by atoms with Crippen LogP contribution in [0.2, 0.25) is 0 Å². The van der Waals surface area contributed by atoms with E-state index >= 15 is 0 Å². The van der Waals surface area contributed by atoms with Crippen LogP contribution in [0.3, 0.4) is 0 Å². The molecule has 2 heterocycles. The Labute approximate surface area is 185 Å². The summed E-state index contributed by atoms with van der Waals surface area (Å²) in [5.41, 5.74) is 3.59. The van der Waals surface area contributed by atoms with Crippen LogP contribution in [0.25, 0.3) is 22.4 Å². The maximum absolute atomic E-state index is 12.4. The van der Waals surface area contributed by atoms with Gasteiger partial charge in [0.25, 0.3) is 0 Å². The molecule has 166 valence electrons. The Hall–Kier alpha value is -3.11. The predicted octanol–water partition coefficient (Wildman–Crippen LogP) is 3.43. The summed E-state index contributed by atoms with van der Waals surface area (Å²) in [7, 11) is -3.58. The summed E-state index contributed by atoms with van der Waals surface area (Å²) in [6, 6.07) is 13.0. The van der Waals surface area contributed by atoms with Gasteiger partial charge in [0.05, 0.1) is 16.5 Å². The number of nitrogens with zero attached hydrogens (tertiary/aromatic N) is 5. The number of rotatable bonds is 7. The van der Waals surface area contributed by atoms with Gasteiger partial charge in [-0.1, -0.05) is 40.9 Å². The highest BCUT2D eigenvalue weighted by Gasteiger charge is 2.21. The van der Waals surface area contributed by atoms with Gasteiger partial charge in [-0.25, -0.2) is 17.8 Å². The van der Waals surface area contributed by atoms with E-state index in [1.165, 1.54) is 12.8 Å². The first-order valence-electron chi connectivity index (χ1n) is 10.7. The molecule has 0 saturated heterocycles. The van der Waals surface area contributed by atoms with E-state index in [2.05, 4.69) is 25.2 Å². The largest absolute Gasteiger partial charge is 0.339 e. The van der Waals surface area contributed by atoms with Crippen molar-refractivity contribution in [3.05, 3.63) is 53.9 Å². The quantitative estimate of drug-likeness (QED) is 0.457. The van der Waals surface area contributed by atoms with Crippen LogP contribution in [0, 0.1) is 6.92 Å². The van der Waals surface area contributed by atoms with Crippen molar-refractivity contribution in [3.8, 4) is 11.4 Å². The molecule has 2 aromatic carbocycles. The lowest BCUT2D eigenvalue weighted by Gasteiger charge is -2.09. The van der Waals surface area contributed by atoms with Crippen molar-refractivity contribution < 1.29 is 12.9 Å². The number of hydrogen-bond acceptors (Lipinski definition) is 7. The molecule has 10 heteroatoms. The average molecular weight is 453 g/mol. The van der Waals surface area contributed by atoms with Gasteiger partial charge in [0.1, 0.15) is 5.52 Å². The average Bonchev–Trinajstić information content (AvgIpc) is 3.54. The molecule has 0 amide bonds. The Morgan fingerprint density at radius 1 is 1.12 bits per heavy atom. The van der Waals surface area contributed by atoms with Crippen LogP contribution in [0.5, 0.6) is 0 Å². The lowest BCUT2D eigenvalue weighted by Crippen LogP contribution is -2.26. The second-order valence-electron chi connectivity index (χ2n) is 8.15. The van der Waals surface area contributed by atoms with Crippen LogP contribution in [0.1, 0.15) is 43.2 Å². The molecular formula is C22H24N6O3S. The van der Waals surface area contributed by atoms with Gasteiger partial charge in [0, 0.05) is 18.5 Å². The zero-order valence-corrected chi connectivity index (χ0v) is 18.5. The Balaban J connectivity index is 1.25. The van der Waals surface area contributed by atoms with E-state index in [1.54, 1.807) is 24.3 Å². The molecule has 0 radical (unpaired) electrons. The fraction of sp³-hybridized carbons (Fsp3) is 0.364. The number of fused-ring (bicyclic) bond motifs is 1. The van der Waals surface area contributed by atoms with E-state index in [1.807, 2.05) is 29.8 Å². The first kappa shape index (κ1) is 20.8. The molecule has 1 N–H and O–H groups in total. The third kappa shape index (κ3) is 4.15. The van der Waals surface area contributed by atoms with Crippen molar-refractivity contribution in [2.24, 2.45) is 0 Å². The smallest absolute Gasteiger partial charge is 0.240 e. The van der Waals surface area contributed by atoms with Gasteiger partial charge in [0.15, 0.2) is 0 Å². The summed E-state index contributed by atoms with van der Waals surface area (Å²) in [4.78, 5) is 4.64. The first-order valence-corrected chi connectivity index (χ1v) is 12.2. The molecule has 0 spiro atoms. The predicted molar refractivity (Wildman–Crippen MR) is 118 cm³/mol. The number of sulfonamides is 1. The molecule has 0 atom stereocenters. The number of hydrogen-bond donors (Lipinski definition) is 1. The Kier molecular flexibility index (Phi) is 5.48. The van der Waals surface area contributed by atoms with Gasteiger partial charge in [0.2, 0.25) is 21.7 Å². The minimum atomic E-state index is -3.58. The molecule has 2 aromatic heterocycles. The minimum absolute atomic E-state index is 0.159. The second kappa shape index (κ2) is 8.44. The molecule has 0 bridgehead atoms. The van der Waals surface area contributed by atoms with Gasteiger partial charge in [-0.05, 0) is 50.1 Å². The summed E-state index contributed by atoms with van der Waals surface area (Å²) < 4.78 is 34.7. The summed E-state index contributed by atoms with van der Waals surface area (Å²) in [5.74, 6) is 0.806. The van der Waals surface area contributed by atoms with Crippen molar-refractivity contribution in [2.75, 3.05) is 6.54 Å². The molecule has 9 nitrogen and oxygen atoms in total. The van der Waals surface area contributed by atoms with Crippen molar-refractivity contribution in [2.45, 2.75) is 50.0 Å². The lowest BCUT2D eigenvalue weighted by atomic mass is 10.1. The van der Waals surface area contributed by atoms with Gasteiger partial charge >= 0.3 is 0 Å². The van der Waals surface area contributed by atoms with Gasteiger partial charge in [-0.15, -0.1) is 5.10 Å². The summed E-state index contributed by atoms with van der Waals surface area (Å²) >= 11 is 0. The van der Waals surface area contributed by atoms with Crippen LogP contribution in [0.15, 0.2) is 51.9 Å². The van der Waals surface area contributed by atoms with Crippen molar-refractivity contribution in [1.82, 2.24) is 29.9 Å². The molecule has 0 unspecified atom stereocenters. The zero-order chi connectivity index (χ0) is 22.1. The van der Waals surface area contributed by atoms with E-state index < -0.39 is 10.0 Å². The van der Waals surface area contributed by atoms with Crippen LogP contribution in [-0.2, 0) is 16.4 Å². The highest BCUT2D eigenvalue weighted by atomic mass is 32.2. The Morgan fingerprint density at radius 2 is 1.91 bits per heavy atom.